The highest BCUT2D eigenvalue weighted by Gasteiger charge is 2.10. The average Bonchev–Trinajstić information content (AvgIpc) is 2.59. The molecule has 0 aliphatic heterocycles. The number of hydrogen-bond acceptors (Lipinski definition) is 4. The van der Waals surface area contributed by atoms with Gasteiger partial charge in [-0.3, -0.25) is 4.79 Å². The van der Waals surface area contributed by atoms with Crippen molar-refractivity contribution in [2.75, 3.05) is 21.3 Å². The van der Waals surface area contributed by atoms with E-state index >= 15 is 0 Å². The van der Waals surface area contributed by atoms with Crippen molar-refractivity contribution in [2.45, 2.75) is 6.54 Å². The van der Waals surface area contributed by atoms with Crippen molar-refractivity contribution in [3.63, 3.8) is 0 Å². The first kappa shape index (κ1) is 17.1. The predicted octanol–water partition coefficient (Wildman–Crippen LogP) is 3.40. The van der Waals surface area contributed by atoms with Gasteiger partial charge >= 0.3 is 0 Å². The van der Waals surface area contributed by atoms with E-state index in [2.05, 4.69) is 21.2 Å². The molecule has 0 aliphatic carbocycles. The number of amides is 1. The summed E-state index contributed by atoms with van der Waals surface area (Å²) in [4.78, 5) is 12.2. The standard InChI is InChI=1S/C17H18BrNO4/c1-21-14-7-5-12(9-13(14)18)17(20)19-10-11-4-6-15(22-2)16(8-11)23-3/h4-9H,10H2,1-3H3,(H,19,20). The van der Waals surface area contributed by atoms with Gasteiger partial charge in [-0.05, 0) is 51.8 Å². The van der Waals surface area contributed by atoms with E-state index in [1.807, 2.05) is 18.2 Å². The van der Waals surface area contributed by atoms with Gasteiger partial charge in [0, 0.05) is 12.1 Å². The number of benzene rings is 2. The van der Waals surface area contributed by atoms with Crippen LogP contribution in [0.1, 0.15) is 15.9 Å². The molecule has 0 bridgehead atoms. The van der Waals surface area contributed by atoms with Crippen LogP contribution in [0.25, 0.3) is 0 Å². The lowest BCUT2D eigenvalue weighted by atomic mass is 10.1. The molecular formula is C17H18BrNO4. The third-order valence-electron chi connectivity index (χ3n) is 3.32. The highest BCUT2D eigenvalue weighted by Crippen LogP contribution is 2.28. The maximum Gasteiger partial charge on any atom is 0.251 e. The van der Waals surface area contributed by atoms with Crippen LogP contribution in [0.3, 0.4) is 0 Å². The molecule has 2 aromatic carbocycles. The van der Waals surface area contributed by atoms with Crippen LogP contribution in [0.4, 0.5) is 0 Å². The monoisotopic (exact) mass is 379 g/mol. The molecule has 5 nitrogen and oxygen atoms in total. The van der Waals surface area contributed by atoms with Crippen molar-refractivity contribution in [3.05, 3.63) is 52.0 Å². The number of halogens is 1. The van der Waals surface area contributed by atoms with E-state index in [1.54, 1.807) is 39.5 Å². The first-order chi connectivity index (χ1) is 11.1. The Balaban J connectivity index is 2.05. The highest BCUT2D eigenvalue weighted by molar-refractivity contribution is 9.10. The number of hydrogen-bond donors (Lipinski definition) is 1. The fraction of sp³-hybridized carbons (Fsp3) is 0.235. The first-order valence-corrected chi connectivity index (χ1v) is 7.71. The third kappa shape index (κ3) is 4.16. The van der Waals surface area contributed by atoms with E-state index in [-0.39, 0.29) is 5.91 Å². The minimum atomic E-state index is -0.164. The molecule has 23 heavy (non-hydrogen) atoms. The van der Waals surface area contributed by atoms with Crippen molar-refractivity contribution in [3.8, 4) is 17.2 Å². The molecule has 0 fully saturated rings. The molecule has 1 N–H and O–H groups in total. The Hall–Kier alpha value is -2.21. The van der Waals surface area contributed by atoms with Crippen molar-refractivity contribution in [2.24, 2.45) is 0 Å². The molecule has 0 radical (unpaired) electrons. The molecule has 122 valence electrons. The van der Waals surface area contributed by atoms with Crippen LogP contribution in [0.2, 0.25) is 0 Å². The summed E-state index contributed by atoms with van der Waals surface area (Å²) in [6, 6.07) is 10.7. The van der Waals surface area contributed by atoms with Gasteiger partial charge in [-0.25, -0.2) is 0 Å². The molecule has 0 saturated heterocycles. The van der Waals surface area contributed by atoms with Gasteiger partial charge < -0.3 is 19.5 Å². The number of ether oxygens (including phenoxy) is 3. The molecule has 0 spiro atoms. The molecule has 1 amide bonds. The van der Waals surface area contributed by atoms with E-state index < -0.39 is 0 Å². The Labute approximate surface area is 143 Å². The summed E-state index contributed by atoms with van der Waals surface area (Å²) in [6.07, 6.45) is 0. The van der Waals surface area contributed by atoms with Crippen LogP contribution in [-0.4, -0.2) is 27.2 Å². The van der Waals surface area contributed by atoms with Crippen molar-refractivity contribution in [1.29, 1.82) is 0 Å². The van der Waals surface area contributed by atoms with Gasteiger partial charge in [-0.15, -0.1) is 0 Å². The second-order valence-electron chi connectivity index (χ2n) is 4.72. The summed E-state index contributed by atoms with van der Waals surface area (Å²) < 4.78 is 16.3. The van der Waals surface area contributed by atoms with Gasteiger partial charge in [0.2, 0.25) is 0 Å². The van der Waals surface area contributed by atoms with Crippen LogP contribution in [0.15, 0.2) is 40.9 Å². The van der Waals surface area contributed by atoms with Gasteiger partial charge in [0.05, 0.1) is 25.8 Å². The first-order valence-electron chi connectivity index (χ1n) is 6.91. The zero-order chi connectivity index (χ0) is 16.8. The zero-order valence-electron chi connectivity index (χ0n) is 13.2. The van der Waals surface area contributed by atoms with E-state index in [9.17, 15) is 4.79 Å². The summed E-state index contributed by atoms with van der Waals surface area (Å²) in [5.74, 6) is 1.80. The molecule has 0 atom stereocenters. The quantitative estimate of drug-likeness (QED) is 0.835. The Kier molecular flexibility index (Phi) is 5.87. The molecule has 0 aromatic heterocycles. The largest absolute Gasteiger partial charge is 0.496 e. The van der Waals surface area contributed by atoms with Gasteiger partial charge in [-0.2, -0.15) is 0 Å². The summed E-state index contributed by atoms with van der Waals surface area (Å²) in [5.41, 5.74) is 1.47. The predicted molar refractivity (Wildman–Crippen MR) is 91.4 cm³/mol. The summed E-state index contributed by atoms with van der Waals surface area (Å²) >= 11 is 3.37. The molecular weight excluding hydrogens is 362 g/mol. The lowest BCUT2D eigenvalue weighted by Crippen LogP contribution is -2.22. The van der Waals surface area contributed by atoms with Crippen LogP contribution in [-0.2, 0) is 6.54 Å². The van der Waals surface area contributed by atoms with Crippen LogP contribution < -0.4 is 19.5 Å². The molecule has 6 heteroatoms. The molecule has 0 saturated carbocycles. The lowest BCUT2D eigenvalue weighted by molar-refractivity contribution is 0.0951. The number of carbonyl (C=O) groups excluding carboxylic acids is 1. The topological polar surface area (TPSA) is 56.8 Å². The highest BCUT2D eigenvalue weighted by atomic mass is 79.9. The van der Waals surface area contributed by atoms with Crippen LogP contribution in [0, 0.1) is 0 Å². The van der Waals surface area contributed by atoms with E-state index in [0.717, 1.165) is 10.0 Å². The van der Waals surface area contributed by atoms with E-state index in [1.165, 1.54) is 0 Å². The molecule has 0 heterocycles. The third-order valence-corrected chi connectivity index (χ3v) is 3.93. The lowest BCUT2D eigenvalue weighted by Gasteiger charge is -2.11. The summed E-state index contributed by atoms with van der Waals surface area (Å²) in [7, 11) is 4.74. The summed E-state index contributed by atoms with van der Waals surface area (Å²) in [5, 5.41) is 2.87. The normalized spacial score (nSPS) is 10.1. The van der Waals surface area contributed by atoms with Gasteiger partial charge in [0.15, 0.2) is 11.5 Å². The van der Waals surface area contributed by atoms with Crippen molar-refractivity contribution < 1.29 is 19.0 Å². The fourth-order valence-electron chi connectivity index (χ4n) is 2.08. The van der Waals surface area contributed by atoms with Crippen molar-refractivity contribution >= 4 is 21.8 Å². The molecule has 0 unspecified atom stereocenters. The second-order valence-corrected chi connectivity index (χ2v) is 5.58. The SMILES string of the molecule is COc1ccc(C(=O)NCc2ccc(OC)c(OC)c2)cc1Br. The maximum atomic E-state index is 12.2. The average molecular weight is 380 g/mol. The Morgan fingerprint density at radius 1 is 0.957 bits per heavy atom. The van der Waals surface area contributed by atoms with E-state index in [4.69, 9.17) is 14.2 Å². The fourth-order valence-corrected chi connectivity index (χ4v) is 2.62. The van der Waals surface area contributed by atoms with Gasteiger partial charge in [-0.1, -0.05) is 6.07 Å². The Morgan fingerprint density at radius 2 is 1.61 bits per heavy atom. The zero-order valence-corrected chi connectivity index (χ0v) is 14.8. The number of carbonyl (C=O) groups is 1. The number of methoxy groups -OCH3 is 3. The Morgan fingerprint density at radius 3 is 2.22 bits per heavy atom. The van der Waals surface area contributed by atoms with Crippen LogP contribution >= 0.6 is 15.9 Å². The second kappa shape index (κ2) is 7.87. The van der Waals surface area contributed by atoms with Gasteiger partial charge in [0.25, 0.3) is 5.91 Å². The molecule has 2 aromatic rings. The number of rotatable bonds is 6. The van der Waals surface area contributed by atoms with E-state index in [0.29, 0.717) is 29.4 Å². The van der Waals surface area contributed by atoms with Crippen LogP contribution in [0.5, 0.6) is 17.2 Å². The molecule has 2 rings (SSSR count). The number of nitrogens with one attached hydrogen (secondary N) is 1. The minimum absolute atomic E-state index is 0.164. The molecule has 0 aliphatic rings. The smallest absolute Gasteiger partial charge is 0.251 e. The Bertz CT molecular complexity index is 703. The maximum absolute atomic E-state index is 12.2. The summed E-state index contributed by atoms with van der Waals surface area (Å²) in [6.45, 7) is 0.392. The van der Waals surface area contributed by atoms with Gasteiger partial charge in [0.1, 0.15) is 5.75 Å². The van der Waals surface area contributed by atoms with Crippen molar-refractivity contribution in [1.82, 2.24) is 5.32 Å². The minimum Gasteiger partial charge on any atom is -0.496 e.